The van der Waals surface area contributed by atoms with Crippen molar-refractivity contribution in [3.8, 4) is 11.8 Å². The van der Waals surface area contributed by atoms with E-state index in [2.05, 4.69) is 6.07 Å². The van der Waals surface area contributed by atoms with Crippen molar-refractivity contribution >= 4 is 5.91 Å². The van der Waals surface area contributed by atoms with Crippen molar-refractivity contribution in [2.75, 3.05) is 19.7 Å². The Morgan fingerprint density at radius 3 is 2.89 bits per heavy atom. The normalized spacial score (nSPS) is 19.9. The van der Waals surface area contributed by atoms with E-state index < -0.39 is 0 Å². The van der Waals surface area contributed by atoms with Crippen molar-refractivity contribution in [3.63, 3.8) is 0 Å². The average Bonchev–Trinajstić information content (AvgIpc) is 3.19. The lowest BCUT2D eigenvalue weighted by atomic mass is 10.0. The number of carbonyl (C=O) groups excluding carboxylic acids is 1. The molecule has 0 bridgehead atoms. The first kappa shape index (κ1) is 12.0. The van der Waals surface area contributed by atoms with E-state index in [0.29, 0.717) is 37.4 Å². The van der Waals surface area contributed by atoms with Gasteiger partial charge in [-0.25, -0.2) is 0 Å². The lowest BCUT2D eigenvalue weighted by molar-refractivity contribution is 0.0718. The lowest BCUT2D eigenvalue weighted by Gasteiger charge is -2.24. The van der Waals surface area contributed by atoms with Crippen LogP contribution in [0, 0.1) is 16.7 Å². The first-order valence-corrected chi connectivity index (χ1v) is 6.62. The molecule has 1 saturated carbocycles. The summed E-state index contributed by atoms with van der Waals surface area (Å²) in [7, 11) is 0. The summed E-state index contributed by atoms with van der Waals surface area (Å²) in [5.74, 6) is 0.692. The number of ether oxygens (including phenoxy) is 1. The second-order valence-corrected chi connectivity index (χ2v) is 5.41. The summed E-state index contributed by atoms with van der Waals surface area (Å²) in [5.41, 5.74) is 0.678. The van der Waals surface area contributed by atoms with Crippen LogP contribution < -0.4 is 4.74 Å². The molecule has 0 saturated heterocycles. The Hall–Kier alpha value is -2.02. The Bertz CT molecular complexity index is 543. The molecule has 1 aromatic rings. The maximum Gasteiger partial charge on any atom is 0.257 e. The van der Waals surface area contributed by atoms with Crippen LogP contribution in [0.3, 0.4) is 0 Å². The quantitative estimate of drug-likeness (QED) is 0.833. The van der Waals surface area contributed by atoms with Crippen LogP contribution in [0.1, 0.15) is 29.6 Å². The first-order valence-electron chi connectivity index (χ1n) is 6.62. The second-order valence-electron chi connectivity index (χ2n) is 5.41. The van der Waals surface area contributed by atoms with E-state index in [4.69, 9.17) is 10.00 Å². The van der Waals surface area contributed by atoms with Crippen LogP contribution in [0.4, 0.5) is 0 Å². The summed E-state index contributed by atoms with van der Waals surface area (Å²) in [6.45, 7) is 1.79. The van der Waals surface area contributed by atoms with Crippen molar-refractivity contribution in [3.05, 3.63) is 29.8 Å². The molecule has 0 N–H and O–H groups in total. The van der Waals surface area contributed by atoms with Crippen LogP contribution in [-0.4, -0.2) is 30.5 Å². The Kier molecular flexibility index (Phi) is 2.90. The monoisotopic (exact) mass is 256 g/mol. The Labute approximate surface area is 112 Å². The lowest BCUT2D eigenvalue weighted by Crippen LogP contribution is -2.37. The molecular formula is C15H16N2O2. The molecule has 1 fully saturated rings. The van der Waals surface area contributed by atoms with Gasteiger partial charge < -0.3 is 9.64 Å². The second kappa shape index (κ2) is 4.58. The summed E-state index contributed by atoms with van der Waals surface area (Å²) in [6, 6.07) is 9.61. The highest BCUT2D eigenvalue weighted by atomic mass is 16.5. The third-order valence-corrected chi connectivity index (χ3v) is 3.96. The third kappa shape index (κ3) is 2.28. The van der Waals surface area contributed by atoms with E-state index in [1.807, 2.05) is 23.1 Å². The maximum absolute atomic E-state index is 12.5. The maximum atomic E-state index is 12.5. The van der Waals surface area contributed by atoms with Crippen LogP contribution in [0.5, 0.6) is 5.75 Å². The summed E-state index contributed by atoms with van der Waals surface area (Å²) in [4.78, 5) is 14.4. The summed E-state index contributed by atoms with van der Waals surface area (Å²) in [5, 5.41) is 8.87. The predicted molar refractivity (Wildman–Crippen MR) is 69.7 cm³/mol. The van der Waals surface area contributed by atoms with Crippen LogP contribution in [0.2, 0.25) is 0 Å². The number of nitriles is 1. The van der Waals surface area contributed by atoms with E-state index in [1.54, 1.807) is 6.07 Å². The van der Waals surface area contributed by atoms with Crippen LogP contribution in [0.25, 0.3) is 0 Å². The van der Waals surface area contributed by atoms with Gasteiger partial charge in [-0.2, -0.15) is 5.26 Å². The van der Waals surface area contributed by atoms with Crippen molar-refractivity contribution in [2.24, 2.45) is 5.41 Å². The molecule has 98 valence electrons. The molecule has 1 amide bonds. The van der Waals surface area contributed by atoms with Gasteiger partial charge in [-0.1, -0.05) is 12.1 Å². The van der Waals surface area contributed by atoms with Gasteiger partial charge in [0.1, 0.15) is 12.4 Å². The minimum Gasteiger partial charge on any atom is -0.491 e. The highest BCUT2D eigenvalue weighted by molar-refractivity contribution is 5.97. The van der Waals surface area contributed by atoms with E-state index in [9.17, 15) is 4.79 Å². The number of carbonyl (C=O) groups is 1. The number of benzene rings is 1. The van der Waals surface area contributed by atoms with Gasteiger partial charge in [0, 0.05) is 18.4 Å². The fourth-order valence-electron chi connectivity index (χ4n) is 2.60. The summed E-state index contributed by atoms with van der Waals surface area (Å²) in [6.07, 6.45) is 2.64. The van der Waals surface area contributed by atoms with Gasteiger partial charge in [0.25, 0.3) is 5.91 Å². The summed E-state index contributed by atoms with van der Waals surface area (Å²) < 4.78 is 5.62. The van der Waals surface area contributed by atoms with Gasteiger partial charge in [0.2, 0.25) is 0 Å². The number of fused-ring (bicyclic) bond motifs is 1. The number of nitrogens with zero attached hydrogens (tertiary/aromatic N) is 2. The SMILES string of the molecule is N#CCC1(CN2CCOc3ccccc3C2=O)CC1. The molecule has 0 unspecified atom stereocenters. The topological polar surface area (TPSA) is 53.3 Å². The molecule has 3 rings (SSSR count). The Morgan fingerprint density at radius 2 is 2.16 bits per heavy atom. The van der Waals surface area contributed by atoms with Gasteiger partial charge >= 0.3 is 0 Å². The fraction of sp³-hybridized carbons (Fsp3) is 0.467. The van der Waals surface area contributed by atoms with E-state index in [-0.39, 0.29) is 11.3 Å². The highest BCUT2D eigenvalue weighted by Gasteiger charge is 2.45. The van der Waals surface area contributed by atoms with Gasteiger partial charge in [0.15, 0.2) is 0 Å². The number of hydrogen-bond donors (Lipinski definition) is 0. The molecular weight excluding hydrogens is 240 g/mol. The smallest absolute Gasteiger partial charge is 0.257 e. The van der Waals surface area contributed by atoms with E-state index in [0.717, 1.165) is 12.8 Å². The first-order chi connectivity index (χ1) is 9.24. The number of hydrogen-bond acceptors (Lipinski definition) is 3. The summed E-state index contributed by atoms with van der Waals surface area (Å²) >= 11 is 0. The molecule has 0 atom stereocenters. The molecule has 0 radical (unpaired) electrons. The molecule has 0 aromatic heterocycles. The zero-order chi connectivity index (χ0) is 13.3. The van der Waals surface area contributed by atoms with Crippen LogP contribution in [-0.2, 0) is 0 Å². The molecule has 19 heavy (non-hydrogen) atoms. The molecule has 1 aliphatic heterocycles. The van der Waals surface area contributed by atoms with Crippen molar-refractivity contribution < 1.29 is 9.53 Å². The van der Waals surface area contributed by atoms with E-state index >= 15 is 0 Å². The zero-order valence-corrected chi connectivity index (χ0v) is 10.8. The van der Waals surface area contributed by atoms with Gasteiger partial charge in [-0.15, -0.1) is 0 Å². The van der Waals surface area contributed by atoms with Crippen molar-refractivity contribution in [1.82, 2.24) is 4.90 Å². The fourth-order valence-corrected chi connectivity index (χ4v) is 2.60. The molecule has 4 nitrogen and oxygen atoms in total. The number of amides is 1. The van der Waals surface area contributed by atoms with Gasteiger partial charge in [0.05, 0.1) is 18.2 Å². The van der Waals surface area contributed by atoms with Gasteiger partial charge in [-0.3, -0.25) is 4.79 Å². The minimum atomic E-state index is 0.0253. The third-order valence-electron chi connectivity index (χ3n) is 3.96. The molecule has 1 aromatic carbocycles. The highest BCUT2D eigenvalue weighted by Crippen LogP contribution is 2.49. The number of para-hydroxylation sites is 1. The molecule has 4 heteroatoms. The average molecular weight is 256 g/mol. The molecule has 1 heterocycles. The zero-order valence-electron chi connectivity index (χ0n) is 10.8. The molecule has 0 spiro atoms. The number of rotatable bonds is 3. The van der Waals surface area contributed by atoms with E-state index in [1.165, 1.54) is 0 Å². The Morgan fingerprint density at radius 1 is 1.37 bits per heavy atom. The van der Waals surface area contributed by atoms with Crippen molar-refractivity contribution in [2.45, 2.75) is 19.3 Å². The predicted octanol–water partition coefficient (Wildman–Crippen LogP) is 2.22. The standard InChI is InChI=1S/C15H16N2O2/c16-8-7-15(5-6-15)11-17-9-10-19-13-4-2-1-3-12(13)14(17)18/h1-4H,5-7,9-11H2. The molecule has 2 aliphatic rings. The van der Waals surface area contributed by atoms with Crippen LogP contribution >= 0.6 is 0 Å². The van der Waals surface area contributed by atoms with Crippen LogP contribution in [0.15, 0.2) is 24.3 Å². The minimum absolute atomic E-state index is 0.0253. The molecule has 1 aliphatic carbocycles. The largest absolute Gasteiger partial charge is 0.491 e. The Balaban J connectivity index is 1.81. The van der Waals surface area contributed by atoms with Crippen molar-refractivity contribution in [1.29, 1.82) is 5.26 Å². The van der Waals surface area contributed by atoms with Gasteiger partial charge in [-0.05, 0) is 25.0 Å².